The molecule has 0 aromatic heterocycles. The van der Waals surface area contributed by atoms with E-state index in [0.29, 0.717) is 24.3 Å². The minimum atomic E-state index is -0.916. The van der Waals surface area contributed by atoms with E-state index in [-0.39, 0.29) is 24.7 Å². The van der Waals surface area contributed by atoms with E-state index in [0.717, 1.165) is 25.7 Å². The van der Waals surface area contributed by atoms with Crippen LogP contribution in [0.4, 0.5) is 5.69 Å². The fourth-order valence-corrected chi connectivity index (χ4v) is 2.09. The number of unbranched alkanes of at least 4 members (excludes halogenated alkanes) is 3. The Hall–Kier alpha value is -2.37. The SMILES string of the molecule is CCCCCCOC(=O)c1ccc(NC(=O)CCCC(=O)O)cc1. The summed E-state index contributed by atoms with van der Waals surface area (Å²) < 4.78 is 5.19. The molecule has 0 radical (unpaired) electrons. The molecule has 1 amide bonds. The van der Waals surface area contributed by atoms with Gasteiger partial charge in [0, 0.05) is 18.5 Å². The van der Waals surface area contributed by atoms with E-state index in [4.69, 9.17) is 9.84 Å². The van der Waals surface area contributed by atoms with Crippen LogP contribution in [0.15, 0.2) is 24.3 Å². The van der Waals surface area contributed by atoms with Gasteiger partial charge in [0.15, 0.2) is 0 Å². The quantitative estimate of drug-likeness (QED) is 0.476. The normalized spacial score (nSPS) is 10.2. The van der Waals surface area contributed by atoms with Gasteiger partial charge in [-0.2, -0.15) is 0 Å². The number of hydrogen-bond acceptors (Lipinski definition) is 4. The highest BCUT2D eigenvalue weighted by Gasteiger charge is 2.08. The van der Waals surface area contributed by atoms with Gasteiger partial charge in [-0.3, -0.25) is 9.59 Å². The van der Waals surface area contributed by atoms with E-state index in [1.165, 1.54) is 0 Å². The maximum absolute atomic E-state index is 11.9. The van der Waals surface area contributed by atoms with Crippen LogP contribution in [-0.4, -0.2) is 29.6 Å². The van der Waals surface area contributed by atoms with Crippen molar-refractivity contribution in [1.82, 2.24) is 0 Å². The zero-order chi connectivity index (χ0) is 17.8. The van der Waals surface area contributed by atoms with Gasteiger partial charge in [-0.15, -0.1) is 0 Å². The highest BCUT2D eigenvalue weighted by atomic mass is 16.5. The monoisotopic (exact) mass is 335 g/mol. The number of benzene rings is 1. The molecule has 0 fully saturated rings. The molecular formula is C18H25NO5. The molecule has 24 heavy (non-hydrogen) atoms. The maximum Gasteiger partial charge on any atom is 0.338 e. The summed E-state index contributed by atoms with van der Waals surface area (Å²) >= 11 is 0. The zero-order valence-corrected chi connectivity index (χ0v) is 14.0. The Morgan fingerprint density at radius 3 is 2.33 bits per heavy atom. The van der Waals surface area contributed by atoms with Gasteiger partial charge in [0.2, 0.25) is 5.91 Å². The molecule has 0 saturated carbocycles. The molecule has 0 aliphatic heterocycles. The summed E-state index contributed by atoms with van der Waals surface area (Å²) in [5, 5.41) is 11.2. The fourth-order valence-electron chi connectivity index (χ4n) is 2.09. The lowest BCUT2D eigenvalue weighted by Gasteiger charge is -2.07. The molecule has 0 bridgehead atoms. The molecule has 1 rings (SSSR count). The smallest absolute Gasteiger partial charge is 0.338 e. The highest BCUT2D eigenvalue weighted by Crippen LogP contribution is 2.12. The number of hydrogen-bond donors (Lipinski definition) is 2. The first-order valence-electron chi connectivity index (χ1n) is 8.31. The summed E-state index contributed by atoms with van der Waals surface area (Å²) in [6, 6.07) is 6.45. The molecule has 1 aromatic rings. The van der Waals surface area contributed by atoms with Crippen LogP contribution in [0.1, 0.15) is 62.2 Å². The molecule has 2 N–H and O–H groups in total. The van der Waals surface area contributed by atoms with Gasteiger partial charge in [-0.1, -0.05) is 26.2 Å². The van der Waals surface area contributed by atoms with Gasteiger partial charge in [-0.25, -0.2) is 4.79 Å². The summed E-state index contributed by atoms with van der Waals surface area (Å²) in [5.41, 5.74) is 1.00. The van der Waals surface area contributed by atoms with Crippen molar-refractivity contribution in [2.75, 3.05) is 11.9 Å². The van der Waals surface area contributed by atoms with Crippen molar-refractivity contribution >= 4 is 23.5 Å². The molecule has 0 spiro atoms. The van der Waals surface area contributed by atoms with E-state index in [1.54, 1.807) is 24.3 Å². The second-order valence-corrected chi connectivity index (χ2v) is 5.57. The second-order valence-electron chi connectivity index (χ2n) is 5.57. The van der Waals surface area contributed by atoms with Crippen LogP contribution in [0.2, 0.25) is 0 Å². The number of rotatable bonds is 11. The third-order valence-electron chi connectivity index (χ3n) is 3.43. The van der Waals surface area contributed by atoms with Gasteiger partial charge in [0.05, 0.1) is 12.2 Å². The minimum absolute atomic E-state index is 0.0313. The van der Waals surface area contributed by atoms with Gasteiger partial charge in [-0.05, 0) is 37.1 Å². The second kappa shape index (κ2) is 11.2. The van der Waals surface area contributed by atoms with Crippen LogP contribution in [0.25, 0.3) is 0 Å². The zero-order valence-electron chi connectivity index (χ0n) is 14.0. The van der Waals surface area contributed by atoms with Gasteiger partial charge in [0.1, 0.15) is 0 Å². The molecule has 0 atom stereocenters. The van der Waals surface area contributed by atoms with Crippen molar-refractivity contribution in [3.05, 3.63) is 29.8 Å². The average molecular weight is 335 g/mol. The predicted octanol–water partition coefficient (Wildman–Crippen LogP) is 3.62. The molecular weight excluding hydrogens is 310 g/mol. The van der Waals surface area contributed by atoms with Crippen molar-refractivity contribution in [2.45, 2.75) is 51.9 Å². The van der Waals surface area contributed by atoms with Gasteiger partial charge >= 0.3 is 11.9 Å². The van der Waals surface area contributed by atoms with Crippen LogP contribution < -0.4 is 5.32 Å². The first-order valence-corrected chi connectivity index (χ1v) is 8.31. The standard InChI is InChI=1S/C18H25NO5/c1-2-3-4-5-13-24-18(23)14-9-11-15(12-10-14)19-16(20)7-6-8-17(21)22/h9-12H,2-8,13H2,1H3,(H,19,20)(H,21,22). The number of aliphatic carboxylic acids is 1. The van der Waals surface area contributed by atoms with Crippen molar-refractivity contribution in [1.29, 1.82) is 0 Å². The number of ether oxygens (including phenoxy) is 1. The molecule has 0 aliphatic carbocycles. The van der Waals surface area contributed by atoms with Crippen LogP contribution in [0.3, 0.4) is 0 Å². The average Bonchev–Trinajstić information content (AvgIpc) is 2.54. The van der Waals surface area contributed by atoms with E-state index >= 15 is 0 Å². The van der Waals surface area contributed by atoms with E-state index < -0.39 is 5.97 Å². The van der Waals surface area contributed by atoms with Crippen LogP contribution >= 0.6 is 0 Å². The number of nitrogens with one attached hydrogen (secondary N) is 1. The Kier molecular flexibility index (Phi) is 9.19. The number of anilines is 1. The molecule has 1 aromatic carbocycles. The Bertz CT molecular complexity index is 539. The summed E-state index contributed by atoms with van der Waals surface area (Å²) in [6.07, 6.45) is 4.60. The first kappa shape index (κ1) is 19.7. The lowest BCUT2D eigenvalue weighted by molar-refractivity contribution is -0.137. The van der Waals surface area contributed by atoms with Gasteiger partial charge in [0.25, 0.3) is 0 Å². The first-order chi connectivity index (χ1) is 11.5. The molecule has 0 aliphatic rings. The topological polar surface area (TPSA) is 92.7 Å². The summed E-state index contributed by atoms with van der Waals surface area (Å²) in [5.74, 6) is -1.53. The van der Waals surface area contributed by atoms with Crippen molar-refractivity contribution < 1.29 is 24.2 Å². The summed E-state index contributed by atoms with van der Waals surface area (Å²) in [4.78, 5) is 33.9. The van der Waals surface area contributed by atoms with Crippen LogP contribution in [-0.2, 0) is 14.3 Å². The fraction of sp³-hybridized carbons (Fsp3) is 0.500. The summed E-state index contributed by atoms with van der Waals surface area (Å²) in [7, 11) is 0. The Morgan fingerprint density at radius 1 is 1.00 bits per heavy atom. The molecule has 0 unspecified atom stereocenters. The van der Waals surface area contributed by atoms with Crippen molar-refractivity contribution in [3.63, 3.8) is 0 Å². The number of amides is 1. The van der Waals surface area contributed by atoms with E-state index in [1.807, 2.05) is 0 Å². The third-order valence-corrected chi connectivity index (χ3v) is 3.43. The highest BCUT2D eigenvalue weighted by molar-refractivity contribution is 5.93. The van der Waals surface area contributed by atoms with Crippen LogP contribution in [0, 0.1) is 0 Å². The minimum Gasteiger partial charge on any atom is -0.481 e. The Balaban J connectivity index is 2.35. The van der Waals surface area contributed by atoms with E-state index in [9.17, 15) is 14.4 Å². The van der Waals surface area contributed by atoms with Crippen LogP contribution in [0.5, 0.6) is 0 Å². The number of esters is 1. The van der Waals surface area contributed by atoms with Crippen molar-refractivity contribution in [3.8, 4) is 0 Å². The number of carbonyl (C=O) groups is 3. The predicted molar refractivity (Wildman–Crippen MR) is 91.0 cm³/mol. The Morgan fingerprint density at radius 2 is 1.71 bits per heavy atom. The molecule has 132 valence electrons. The number of carboxylic acid groups (broad SMARTS) is 1. The Labute approximate surface area is 142 Å². The summed E-state index contributed by atoms with van der Waals surface area (Å²) in [6.45, 7) is 2.54. The van der Waals surface area contributed by atoms with Crippen molar-refractivity contribution in [2.24, 2.45) is 0 Å². The van der Waals surface area contributed by atoms with E-state index in [2.05, 4.69) is 12.2 Å². The molecule has 0 heterocycles. The van der Waals surface area contributed by atoms with Gasteiger partial charge < -0.3 is 15.2 Å². The molecule has 0 saturated heterocycles. The number of carboxylic acids is 1. The molecule has 6 nitrogen and oxygen atoms in total. The lowest BCUT2D eigenvalue weighted by Crippen LogP contribution is -2.12. The third kappa shape index (κ3) is 8.31. The number of carbonyl (C=O) groups excluding carboxylic acids is 2. The lowest BCUT2D eigenvalue weighted by atomic mass is 10.2. The maximum atomic E-state index is 11.9. The molecule has 6 heteroatoms. The largest absolute Gasteiger partial charge is 0.481 e.